The van der Waals surface area contributed by atoms with Crippen LogP contribution in [0.2, 0.25) is 0 Å². The van der Waals surface area contributed by atoms with Crippen molar-refractivity contribution in [3.63, 3.8) is 0 Å². The van der Waals surface area contributed by atoms with E-state index in [1.54, 1.807) is 12.3 Å². The topological polar surface area (TPSA) is 111 Å². The number of carbonyl (C=O) groups excluding carboxylic acids is 1. The molecule has 7 nitrogen and oxygen atoms in total. The number of thiazole rings is 1. The molecule has 1 heterocycles. The van der Waals surface area contributed by atoms with Crippen molar-refractivity contribution < 1.29 is 17.9 Å². The zero-order valence-corrected chi connectivity index (χ0v) is 12.9. The van der Waals surface area contributed by atoms with Gasteiger partial charge in [-0.15, -0.1) is 11.3 Å². The summed E-state index contributed by atoms with van der Waals surface area (Å²) in [7, 11) is -2.46. The third kappa shape index (κ3) is 3.57. The number of primary sulfonamides is 1. The predicted molar refractivity (Wildman–Crippen MR) is 79.2 cm³/mol. The number of aromatic nitrogens is 1. The quantitative estimate of drug-likeness (QED) is 0.880. The lowest BCUT2D eigenvalue weighted by atomic mass is 10.3. The highest BCUT2D eigenvalue weighted by molar-refractivity contribution is 7.89. The number of carbonyl (C=O) groups is 1. The smallest absolute Gasteiger partial charge is 0.275 e. The maximum Gasteiger partial charge on any atom is 0.275 e. The lowest BCUT2D eigenvalue weighted by Gasteiger charge is -2.10. The van der Waals surface area contributed by atoms with E-state index in [4.69, 9.17) is 9.88 Å². The van der Waals surface area contributed by atoms with Crippen LogP contribution in [-0.2, 0) is 10.0 Å². The SMILES string of the molecule is COc1ccc(S(N)(=O)=O)cc1NC(=O)c1csc(C)n1. The highest BCUT2D eigenvalue weighted by Gasteiger charge is 2.16. The van der Waals surface area contributed by atoms with E-state index in [9.17, 15) is 13.2 Å². The first kappa shape index (κ1) is 15.4. The first-order valence-corrected chi connectivity index (χ1v) is 8.18. The summed E-state index contributed by atoms with van der Waals surface area (Å²) in [5.74, 6) is -0.132. The second-order valence-corrected chi connectivity index (χ2v) is 6.74. The minimum atomic E-state index is -3.87. The molecule has 2 rings (SSSR count). The number of ether oxygens (including phenoxy) is 1. The molecule has 112 valence electrons. The van der Waals surface area contributed by atoms with Gasteiger partial charge in [-0.25, -0.2) is 18.5 Å². The number of nitrogens with two attached hydrogens (primary N) is 1. The third-order valence-electron chi connectivity index (χ3n) is 2.60. The van der Waals surface area contributed by atoms with Gasteiger partial charge in [-0.3, -0.25) is 4.79 Å². The molecule has 0 aliphatic carbocycles. The molecule has 0 fully saturated rings. The monoisotopic (exact) mass is 327 g/mol. The molecule has 0 saturated carbocycles. The van der Waals surface area contributed by atoms with E-state index >= 15 is 0 Å². The van der Waals surface area contributed by atoms with Gasteiger partial charge in [-0.1, -0.05) is 0 Å². The molecule has 9 heteroatoms. The zero-order valence-electron chi connectivity index (χ0n) is 11.3. The van der Waals surface area contributed by atoms with Crippen LogP contribution in [0.5, 0.6) is 5.75 Å². The molecule has 21 heavy (non-hydrogen) atoms. The summed E-state index contributed by atoms with van der Waals surface area (Å²) >= 11 is 1.34. The average Bonchev–Trinajstić information content (AvgIpc) is 2.84. The van der Waals surface area contributed by atoms with E-state index in [-0.39, 0.29) is 16.3 Å². The molecule has 1 aromatic heterocycles. The maximum atomic E-state index is 12.1. The molecule has 1 aromatic carbocycles. The number of rotatable bonds is 4. The van der Waals surface area contributed by atoms with E-state index in [1.807, 2.05) is 0 Å². The number of benzene rings is 1. The van der Waals surface area contributed by atoms with Crippen molar-refractivity contribution in [1.82, 2.24) is 4.98 Å². The molecule has 2 aromatic rings. The Morgan fingerprint density at radius 3 is 2.67 bits per heavy atom. The minimum absolute atomic E-state index is 0.118. The largest absolute Gasteiger partial charge is 0.495 e. The Labute approximate surface area is 125 Å². The van der Waals surface area contributed by atoms with Crippen molar-refractivity contribution in [3.05, 3.63) is 34.3 Å². The van der Waals surface area contributed by atoms with Crippen LogP contribution in [0, 0.1) is 6.92 Å². The summed E-state index contributed by atoms with van der Waals surface area (Å²) < 4.78 is 27.8. The first-order chi connectivity index (χ1) is 9.81. The van der Waals surface area contributed by atoms with Gasteiger partial charge in [0, 0.05) is 5.38 Å². The van der Waals surface area contributed by atoms with Crippen LogP contribution >= 0.6 is 11.3 Å². The second-order valence-electron chi connectivity index (χ2n) is 4.11. The standard InChI is InChI=1S/C12H13N3O4S2/c1-7-14-10(6-20-7)12(16)15-9-5-8(21(13,17)18)3-4-11(9)19-2/h3-6H,1-2H3,(H,15,16)(H2,13,17,18). The summed E-state index contributed by atoms with van der Waals surface area (Å²) in [6.07, 6.45) is 0. The van der Waals surface area contributed by atoms with Gasteiger partial charge >= 0.3 is 0 Å². The van der Waals surface area contributed by atoms with Crippen LogP contribution in [0.15, 0.2) is 28.5 Å². The van der Waals surface area contributed by atoms with Crippen LogP contribution in [0.25, 0.3) is 0 Å². The van der Waals surface area contributed by atoms with Gasteiger partial charge in [0.2, 0.25) is 10.0 Å². The number of methoxy groups -OCH3 is 1. The van der Waals surface area contributed by atoms with Crippen LogP contribution in [0.3, 0.4) is 0 Å². The number of aryl methyl sites for hydroxylation is 1. The van der Waals surface area contributed by atoms with E-state index in [0.717, 1.165) is 5.01 Å². The molecule has 3 N–H and O–H groups in total. The number of nitrogens with one attached hydrogen (secondary N) is 1. The van der Waals surface area contributed by atoms with Crippen molar-refractivity contribution in [2.75, 3.05) is 12.4 Å². The van der Waals surface area contributed by atoms with Crippen molar-refractivity contribution in [1.29, 1.82) is 0 Å². The van der Waals surface area contributed by atoms with Crippen LogP contribution < -0.4 is 15.2 Å². The molecule has 0 bridgehead atoms. The number of hydrogen-bond acceptors (Lipinski definition) is 6. The lowest BCUT2D eigenvalue weighted by molar-refractivity contribution is 0.102. The van der Waals surface area contributed by atoms with E-state index in [0.29, 0.717) is 5.75 Å². The Morgan fingerprint density at radius 2 is 2.14 bits per heavy atom. The summed E-state index contributed by atoms with van der Waals surface area (Å²) in [5.41, 5.74) is 0.459. The maximum absolute atomic E-state index is 12.1. The highest BCUT2D eigenvalue weighted by atomic mass is 32.2. The van der Waals surface area contributed by atoms with Gasteiger partial charge in [-0.05, 0) is 25.1 Å². The predicted octanol–water partition coefficient (Wildman–Crippen LogP) is 1.36. The summed E-state index contributed by atoms with van der Waals surface area (Å²) in [5, 5.41) is 10.0. The Balaban J connectivity index is 2.36. The minimum Gasteiger partial charge on any atom is -0.495 e. The fraction of sp³-hybridized carbons (Fsp3) is 0.167. The molecule has 1 amide bonds. The normalized spacial score (nSPS) is 11.2. The molecule has 0 saturated heterocycles. The van der Waals surface area contributed by atoms with Crippen LogP contribution in [0.4, 0.5) is 5.69 Å². The molecule has 0 atom stereocenters. The van der Waals surface area contributed by atoms with E-state index < -0.39 is 15.9 Å². The highest BCUT2D eigenvalue weighted by Crippen LogP contribution is 2.27. The average molecular weight is 327 g/mol. The van der Waals surface area contributed by atoms with Crippen LogP contribution in [0.1, 0.15) is 15.5 Å². The van der Waals surface area contributed by atoms with E-state index in [1.165, 1.54) is 36.6 Å². The van der Waals surface area contributed by atoms with Gasteiger partial charge < -0.3 is 10.1 Å². The Morgan fingerprint density at radius 1 is 1.43 bits per heavy atom. The number of sulfonamides is 1. The van der Waals surface area contributed by atoms with Crippen LogP contribution in [-0.4, -0.2) is 26.4 Å². The van der Waals surface area contributed by atoms with Gasteiger partial charge in [0.25, 0.3) is 5.91 Å². The zero-order chi connectivity index (χ0) is 15.6. The summed E-state index contributed by atoms with van der Waals surface area (Å²) in [6, 6.07) is 3.96. The molecule has 0 radical (unpaired) electrons. The molecule has 0 aliphatic rings. The Kier molecular flexibility index (Phi) is 4.26. The first-order valence-electron chi connectivity index (χ1n) is 5.75. The molecular formula is C12H13N3O4S2. The van der Waals surface area contributed by atoms with Crippen molar-refractivity contribution in [3.8, 4) is 5.75 Å². The van der Waals surface area contributed by atoms with Gasteiger partial charge in [0.1, 0.15) is 11.4 Å². The number of anilines is 1. The Hall–Kier alpha value is -1.97. The molecular weight excluding hydrogens is 314 g/mol. The molecule has 0 unspecified atom stereocenters. The van der Waals surface area contributed by atoms with Crippen molar-refractivity contribution in [2.45, 2.75) is 11.8 Å². The summed E-state index contributed by atoms with van der Waals surface area (Å²) in [4.78, 5) is 16.0. The summed E-state index contributed by atoms with van der Waals surface area (Å²) in [6.45, 7) is 1.78. The van der Waals surface area contributed by atoms with Crippen molar-refractivity contribution in [2.24, 2.45) is 5.14 Å². The number of amides is 1. The van der Waals surface area contributed by atoms with E-state index in [2.05, 4.69) is 10.3 Å². The van der Waals surface area contributed by atoms with Gasteiger partial charge in [0.15, 0.2) is 0 Å². The number of nitrogens with zero attached hydrogens (tertiary/aromatic N) is 1. The molecule has 0 spiro atoms. The fourth-order valence-electron chi connectivity index (χ4n) is 1.62. The molecule has 0 aliphatic heterocycles. The van der Waals surface area contributed by atoms with Crippen molar-refractivity contribution >= 4 is 33.0 Å². The van der Waals surface area contributed by atoms with Gasteiger partial charge in [0.05, 0.1) is 22.7 Å². The Bertz CT molecular complexity index is 784. The second kappa shape index (κ2) is 5.80. The fourth-order valence-corrected chi connectivity index (χ4v) is 2.75. The number of hydrogen-bond donors (Lipinski definition) is 2. The van der Waals surface area contributed by atoms with Gasteiger partial charge in [-0.2, -0.15) is 0 Å². The lowest BCUT2D eigenvalue weighted by Crippen LogP contribution is -2.15. The third-order valence-corrected chi connectivity index (χ3v) is 4.28.